The number of rotatable bonds is 8. The van der Waals surface area contributed by atoms with Crippen molar-refractivity contribution < 1.29 is 24.2 Å². The standard InChI is InChI=1S/C14H25NO5/c1-11(20-12-6-4-2-3-5-7-12)14(18)15-8-9-19-10-13(16)17/h11-12H,2-10H2,1H3,(H,15,18)(H,16,17). The number of amides is 1. The first-order valence-electron chi connectivity index (χ1n) is 7.32. The number of aliphatic carboxylic acids is 1. The van der Waals surface area contributed by atoms with E-state index in [4.69, 9.17) is 14.6 Å². The molecule has 1 rings (SSSR count). The predicted molar refractivity (Wildman–Crippen MR) is 73.5 cm³/mol. The van der Waals surface area contributed by atoms with Gasteiger partial charge in [-0.2, -0.15) is 0 Å². The second kappa shape index (κ2) is 9.72. The van der Waals surface area contributed by atoms with Crippen molar-refractivity contribution in [3.8, 4) is 0 Å². The molecule has 0 heterocycles. The summed E-state index contributed by atoms with van der Waals surface area (Å²) in [6, 6.07) is 0. The summed E-state index contributed by atoms with van der Waals surface area (Å²) in [4.78, 5) is 22.0. The first kappa shape index (κ1) is 16.9. The lowest BCUT2D eigenvalue weighted by Crippen LogP contribution is -2.38. The van der Waals surface area contributed by atoms with Gasteiger partial charge in [0.05, 0.1) is 12.7 Å². The van der Waals surface area contributed by atoms with Crippen LogP contribution in [0, 0.1) is 0 Å². The van der Waals surface area contributed by atoms with Gasteiger partial charge in [0.25, 0.3) is 0 Å². The number of carbonyl (C=O) groups is 2. The van der Waals surface area contributed by atoms with E-state index >= 15 is 0 Å². The highest BCUT2D eigenvalue weighted by atomic mass is 16.5. The minimum atomic E-state index is -1.01. The number of carboxylic acids is 1. The van der Waals surface area contributed by atoms with Crippen LogP contribution < -0.4 is 5.32 Å². The molecule has 1 saturated carbocycles. The molecule has 6 nitrogen and oxygen atoms in total. The Morgan fingerprint density at radius 2 is 1.90 bits per heavy atom. The lowest BCUT2D eigenvalue weighted by Gasteiger charge is -2.20. The van der Waals surface area contributed by atoms with E-state index in [0.29, 0.717) is 6.54 Å². The molecule has 0 aliphatic heterocycles. The SMILES string of the molecule is CC(OC1CCCCCC1)C(=O)NCCOCC(=O)O. The van der Waals surface area contributed by atoms with Crippen molar-refractivity contribution in [2.75, 3.05) is 19.8 Å². The molecule has 0 saturated heterocycles. The van der Waals surface area contributed by atoms with E-state index in [1.165, 1.54) is 25.7 Å². The molecule has 1 amide bonds. The first-order valence-corrected chi connectivity index (χ1v) is 7.32. The molecular weight excluding hydrogens is 262 g/mol. The Kier molecular flexibility index (Phi) is 8.22. The summed E-state index contributed by atoms with van der Waals surface area (Å²) < 4.78 is 10.6. The largest absolute Gasteiger partial charge is 0.480 e. The average molecular weight is 287 g/mol. The molecule has 1 aliphatic rings. The fourth-order valence-corrected chi connectivity index (χ4v) is 2.28. The summed E-state index contributed by atoms with van der Waals surface area (Å²) in [5, 5.41) is 11.1. The molecule has 1 fully saturated rings. The summed E-state index contributed by atoms with van der Waals surface area (Å²) in [5.41, 5.74) is 0. The van der Waals surface area contributed by atoms with Gasteiger partial charge in [-0.1, -0.05) is 25.7 Å². The van der Waals surface area contributed by atoms with Crippen molar-refractivity contribution in [2.45, 2.75) is 57.7 Å². The number of carboxylic acid groups (broad SMARTS) is 1. The zero-order chi connectivity index (χ0) is 14.8. The molecule has 0 spiro atoms. The lowest BCUT2D eigenvalue weighted by atomic mass is 10.1. The zero-order valence-corrected chi connectivity index (χ0v) is 12.1. The van der Waals surface area contributed by atoms with Crippen LogP contribution in [0.2, 0.25) is 0 Å². The van der Waals surface area contributed by atoms with E-state index < -0.39 is 12.1 Å². The Bertz CT molecular complexity index is 300. The van der Waals surface area contributed by atoms with E-state index in [9.17, 15) is 9.59 Å². The molecule has 0 aromatic rings. The molecule has 2 N–H and O–H groups in total. The van der Waals surface area contributed by atoms with Crippen LogP contribution in [0.1, 0.15) is 45.4 Å². The third-order valence-corrected chi connectivity index (χ3v) is 3.34. The molecule has 1 unspecified atom stereocenters. The molecule has 116 valence electrons. The number of carbonyl (C=O) groups excluding carboxylic acids is 1. The Hall–Kier alpha value is -1.14. The van der Waals surface area contributed by atoms with Crippen LogP contribution in [0.5, 0.6) is 0 Å². The fourth-order valence-electron chi connectivity index (χ4n) is 2.28. The molecule has 0 radical (unpaired) electrons. The van der Waals surface area contributed by atoms with E-state index in [0.717, 1.165) is 12.8 Å². The van der Waals surface area contributed by atoms with Crippen LogP contribution in [0.4, 0.5) is 0 Å². The smallest absolute Gasteiger partial charge is 0.329 e. The number of ether oxygens (including phenoxy) is 2. The van der Waals surface area contributed by atoms with Crippen molar-refractivity contribution in [2.24, 2.45) is 0 Å². The Morgan fingerprint density at radius 3 is 2.50 bits per heavy atom. The summed E-state index contributed by atoms with van der Waals surface area (Å²) in [6.45, 7) is 1.89. The molecule has 1 atom stereocenters. The first-order chi connectivity index (χ1) is 9.59. The molecule has 1 aliphatic carbocycles. The van der Waals surface area contributed by atoms with E-state index in [1.807, 2.05) is 0 Å². The van der Waals surface area contributed by atoms with E-state index in [2.05, 4.69) is 5.32 Å². The van der Waals surface area contributed by atoms with Gasteiger partial charge in [-0.15, -0.1) is 0 Å². The van der Waals surface area contributed by atoms with Crippen molar-refractivity contribution in [3.63, 3.8) is 0 Å². The fraction of sp³-hybridized carbons (Fsp3) is 0.857. The van der Waals surface area contributed by atoms with E-state index in [1.54, 1.807) is 6.92 Å². The average Bonchev–Trinajstić information content (AvgIpc) is 2.66. The van der Waals surface area contributed by atoms with Gasteiger partial charge in [-0.3, -0.25) is 4.79 Å². The van der Waals surface area contributed by atoms with Gasteiger partial charge in [0.2, 0.25) is 5.91 Å². The maximum absolute atomic E-state index is 11.8. The van der Waals surface area contributed by atoms with Crippen LogP contribution >= 0.6 is 0 Å². The third kappa shape index (κ3) is 7.45. The summed E-state index contributed by atoms with van der Waals surface area (Å²) in [7, 11) is 0. The normalized spacial score (nSPS) is 18.2. The van der Waals surface area contributed by atoms with Gasteiger partial charge in [0.1, 0.15) is 12.7 Å². The molecule has 20 heavy (non-hydrogen) atoms. The van der Waals surface area contributed by atoms with Gasteiger partial charge < -0.3 is 19.9 Å². The van der Waals surface area contributed by atoms with Crippen molar-refractivity contribution >= 4 is 11.9 Å². The van der Waals surface area contributed by atoms with Crippen LogP contribution in [0.15, 0.2) is 0 Å². The highest BCUT2D eigenvalue weighted by Gasteiger charge is 2.20. The van der Waals surface area contributed by atoms with Crippen molar-refractivity contribution in [1.82, 2.24) is 5.32 Å². The number of nitrogens with one attached hydrogen (secondary N) is 1. The maximum Gasteiger partial charge on any atom is 0.329 e. The summed E-state index contributed by atoms with van der Waals surface area (Å²) in [5.74, 6) is -1.19. The molecule has 0 bridgehead atoms. The molecule has 0 aromatic carbocycles. The van der Waals surface area contributed by atoms with Gasteiger partial charge in [-0.05, 0) is 19.8 Å². The minimum absolute atomic E-state index is 0.173. The highest BCUT2D eigenvalue weighted by Crippen LogP contribution is 2.20. The second-order valence-corrected chi connectivity index (χ2v) is 5.13. The van der Waals surface area contributed by atoms with Gasteiger partial charge in [0.15, 0.2) is 0 Å². The van der Waals surface area contributed by atoms with Crippen LogP contribution in [0.25, 0.3) is 0 Å². The maximum atomic E-state index is 11.8. The van der Waals surface area contributed by atoms with Gasteiger partial charge in [0, 0.05) is 6.54 Å². The Morgan fingerprint density at radius 1 is 1.25 bits per heavy atom. The monoisotopic (exact) mass is 287 g/mol. The van der Waals surface area contributed by atoms with Crippen molar-refractivity contribution in [3.05, 3.63) is 0 Å². The second-order valence-electron chi connectivity index (χ2n) is 5.13. The Labute approximate surface area is 119 Å². The molecule has 0 aromatic heterocycles. The van der Waals surface area contributed by atoms with Gasteiger partial charge >= 0.3 is 5.97 Å². The molecular formula is C14H25NO5. The summed E-state index contributed by atoms with van der Waals surface area (Å²) >= 11 is 0. The quantitative estimate of drug-likeness (QED) is 0.519. The predicted octanol–water partition coefficient (Wildman–Crippen LogP) is 1.33. The topological polar surface area (TPSA) is 84.9 Å². The lowest BCUT2D eigenvalue weighted by molar-refractivity contribution is -0.142. The molecule has 6 heteroatoms. The Balaban J connectivity index is 2.13. The number of hydrogen-bond donors (Lipinski definition) is 2. The van der Waals surface area contributed by atoms with Crippen LogP contribution in [-0.4, -0.2) is 48.9 Å². The van der Waals surface area contributed by atoms with Crippen LogP contribution in [0.3, 0.4) is 0 Å². The van der Waals surface area contributed by atoms with Crippen LogP contribution in [-0.2, 0) is 19.1 Å². The van der Waals surface area contributed by atoms with Crippen molar-refractivity contribution in [1.29, 1.82) is 0 Å². The minimum Gasteiger partial charge on any atom is -0.480 e. The number of hydrogen-bond acceptors (Lipinski definition) is 4. The zero-order valence-electron chi connectivity index (χ0n) is 12.1. The summed E-state index contributed by atoms with van der Waals surface area (Å²) in [6.07, 6.45) is 6.60. The van der Waals surface area contributed by atoms with Gasteiger partial charge in [-0.25, -0.2) is 4.79 Å². The highest BCUT2D eigenvalue weighted by molar-refractivity contribution is 5.80. The third-order valence-electron chi connectivity index (χ3n) is 3.34. The van der Waals surface area contributed by atoms with E-state index in [-0.39, 0.29) is 25.2 Å².